The fraction of sp³-hybridized carbons (Fsp3) is 0.533. The van der Waals surface area contributed by atoms with Crippen molar-refractivity contribution in [1.82, 2.24) is 5.32 Å². The summed E-state index contributed by atoms with van der Waals surface area (Å²) in [7, 11) is 1.59. The number of nitrogens with one attached hydrogen (secondary N) is 1. The van der Waals surface area contributed by atoms with E-state index in [0.717, 1.165) is 12.5 Å². The van der Waals surface area contributed by atoms with E-state index in [-0.39, 0.29) is 18.0 Å². The Kier molecular flexibility index (Phi) is 6.71. The third-order valence-corrected chi connectivity index (χ3v) is 3.14. The van der Waals surface area contributed by atoms with Gasteiger partial charge >= 0.3 is 0 Å². The highest BCUT2D eigenvalue weighted by molar-refractivity contribution is 5.75. The molecule has 21 heavy (non-hydrogen) atoms. The first-order valence-electron chi connectivity index (χ1n) is 6.80. The highest BCUT2D eigenvalue weighted by Gasteiger charge is 2.27. The second-order valence-corrected chi connectivity index (χ2v) is 5.12. The summed E-state index contributed by atoms with van der Waals surface area (Å²) in [5, 5.41) is 12.8. The molecule has 0 heterocycles. The molecule has 0 aromatic heterocycles. The smallest absolute Gasteiger partial charge is 0.220 e. The number of methoxy groups -OCH3 is 1. The van der Waals surface area contributed by atoms with Gasteiger partial charge in [-0.05, 0) is 25.8 Å². The number of carbonyl (C=O) groups is 1. The minimum atomic E-state index is -1.60. The Balaban J connectivity index is 2.50. The summed E-state index contributed by atoms with van der Waals surface area (Å²) in [6.45, 7) is 1.82. The number of hydrogen-bond donors (Lipinski definition) is 2. The Labute approximate surface area is 123 Å². The van der Waals surface area contributed by atoms with E-state index in [1.807, 2.05) is 0 Å². The normalized spacial score (nSPS) is 13.8. The summed E-state index contributed by atoms with van der Waals surface area (Å²) in [5.74, 6) is -1.78. The molecule has 0 radical (unpaired) electrons. The van der Waals surface area contributed by atoms with Crippen LogP contribution in [0.3, 0.4) is 0 Å². The van der Waals surface area contributed by atoms with Gasteiger partial charge in [-0.1, -0.05) is 6.07 Å². The Morgan fingerprint density at radius 3 is 2.71 bits per heavy atom. The van der Waals surface area contributed by atoms with Crippen LogP contribution in [0, 0.1) is 11.6 Å². The summed E-state index contributed by atoms with van der Waals surface area (Å²) in [4.78, 5) is 11.6. The number of ether oxygens (including phenoxy) is 1. The molecule has 0 aliphatic rings. The van der Waals surface area contributed by atoms with Crippen LogP contribution in [0.4, 0.5) is 8.78 Å². The molecule has 6 heteroatoms. The van der Waals surface area contributed by atoms with Crippen LogP contribution in [0.25, 0.3) is 0 Å². The van der Waals surface area contributed by atoms with Crippen LogP contribution in [-0.2, 0) is 15.1 Å². The van der Waals surface area contributed by atoms with Crippen molar-refractivity contribution in [2.24, 2.45) is 0 Å². The van der Waals surface area contributed by atoms with Crippen molar-refractivity contribution in [3.05, 3.63) is 35.4 Å². The predicted molar refractivity (Wildman–Crippen MR) is 74.7 cm³/mol. The van der Waals surface area contributed by atoms with Gasteiger partial charge in [-0.25, -0.2) is 8.78 Å². The maximum atomic E-state index is 13.6. The summed E-state index contributed by atoms with van der Waals surface area (Å²) < 4.78 is 31.4. The molecule has 1 rings (SSSR count). The first-order valence-corrected chi connectivity index (χ1v) is 6.80. The lowest BCUT2D eigenvalue weighted by molar-refractivity contribution is -0.122. The Hall–Kier alpha value is -1.53. The van der Waals surface area contributed by atoms with Gasteiger partial charge in [0.1, 0.15) is 17.2 Å². The van der Waals surface area contributed by atoms with Gasteiger partial charge in [0, 0.05) is 31.8 Å². The van der Waals surface area contributed by atoms with Crippen molar-refractivity contribution in [3.63, 3.8) is 0 Å². The number of aliphatic hydroxyl groups is 1. The summed E-state index contributed by atoms with van der Waals surface area (Å²) in [5.41, 5.74) is -1.65. The lowest BCUT2D eigenvalue weighted by Gasteiger charge is -2.24. The SMILES string of the molecule is COCCCCC(=O)NCC(C)(O)c1ccc(F)cc1F. The van der Waals surface area contributed by atoms with Crippen molar-refractivity contribution in [1.29, 1.82) is 0 Å². The summed E-state index contributed by atoms with van der Waals surface area (Å²) in [6.07, 6.45) is 1.75. The van der Waals surface area contributed by atoms with E-state index in [2.05, 4.69) is 5.32 Å². The molecule has 1 aromatic rings. The van der Waals surface area contributed by atoms with Gasteiger partial charge in [0.05, 0.1) is 6.54 Å². The zero-order valence-electron chi connectivity index (χ0n) is 12.3. The molecular formula is C15H21F2NO3. The van der Waals surface area contributed by atoms with Crippen LogP contribution in [0.1, 0.15) is 31.7 Å². The molecule has 0 fully saturated rings. The van der Waals surface area contributed by atoms with E-state index in [1.165, 1.54) is 13.0 Å². The van der Waals surface area contributed by atoms with Crippen molar-refractivity contribution in [2.45, 2.75) is 31.8 Å². The Bertz CT molecular complexity index is 478. The molecule has 0 spiro atoms. The zero-order valence-corrected chi connectivity index (χ0v) is 12.3. The molecule has 1 amide bonds. The number of amides is 1. The summed E-state index contributed by atoms with van der Waals surface area (Å²) in [6, 6.07) is 2.95. The minimum absolute atomic E-state index is 0.0522. The number of rotatable bonds is 8. The second kappa shape index (κ2) is 8.05. The van der Waals surface area contributed by atoms with Crippen molar-refractivity contribution in [2.75, 3.05) is 20.3 Å². The van der Waals surface area contributed by atoms with Crippen LogP contribution >= 0.6 is 0 Å². The number of carbonyl (C=O) groups excluding carboxylic acids is 1. The topological polar surface area (TPSA) is 58.6 Å². The third kappa shape index (κ3) is 5.77. The average Bonchev–Trinajstić information content (AvgIpc) is 2.41. The standard InChI is InChI=1S/C15H21F2NO3/c1-15(20,12-7-6-11(16)9-13(12)17)10-18-14(19)5-3-4-8-21-2/h6-7,9,20H,3-5,8,10H2,1-2H3,(H,18,19). The molecule has 0 aliphatic heterocycles. The quantitative estimate of drug-likeness (QED) is 0.723. The third-order valence-electron chi connectivity index (χ3n) is 3.14. The monoisotopic (exact) mass is 301 g/mol. The molecule has 0 saturated carbocycles. The minimum Gasteiger partial charge on any atom is -0.385 e. The zero-order chi connectivity index (χ0) is 15.9. The predicted octanol–water partition coefficient (Wildman–Crippen LogP) is 2.11. The molecule has 1 aromatic carbocycles. The fourth-order valence-corrected chi connectivity index (χ4v) is 1.91. The lowest BCUT2D eigenvalue weighted by Crippen LogP contribution is -2.39. The molecular weight excluding hydrogens is 280 g/mol. The number of benzene rings is 1. The van der Waals surface area contributed by atoms with Gasteiger partial charge in [-0.3, -0.25) is 4.79 Å². The van der Waals surface area contributed by atoms with Gasteiger partial charge < -0.3 is 15.2 Å². The number of halogens is 2. The van der Waals surface area contributed by atoms with Crippen LogP contribution < -0.4 is 5.32 Å². The van der Waals surface area contributed by atoms with Crippen molar-refractivity contribution >= 4 is 5.91 Å². The van der Waals surface area contributed by atoms with Crippen LogP contribution in [0.5, 0.6) is 0 Å². The first kappa shape index (κ1) is 17.5. The van der Waals surface area contributed by atoms with E-state index in [0.29, 0.717) is 25.5 Å². The Morgan fingerprint density at radius 2 is 2.10 bits per heavy atom. The largest absolute Gasteiger partial charge is 0.385 e. The van der Waals surface area contributed by atoms with Crippen LogP contribution in [0.15, 0.2) is 18.2 Å². The van der Waals surface area contributed by atoms with Gasteiger partial charge in [0.15, 0.2) is 0 Å². The van der Waals surface area contributed by atoms with E-state index in [9.17, 15) is 18.7 Å². The molecule has 118 valence electrons. The average molecular weight is 301 g/mol. The highest BCUT2D eigenvalue weighted by Crippen LogP contribution is 2.23. The van der Waals surface area contributed by atoms with E-state index < -0.39 is 17.2 Å². The molecule has 2 N–H and O–H groups in total. The van der Waals surface area contributed by atoms with Gasteiger partial charge in [-0.15, -0.1) is 0 Å². The number of hydrogen-bond acceptors (Lipinski definition) is 3. The van der Waals surface area contributed by atoms with Gasteiger partial charge in [0.25, 0.3) is 0 Å². The molecule has 0 aliphatic carbocycles. The van der Waals surface area contributed by atoms with Gasteiger partial charge in [-0.2, -0.15) is 0 Å². The van der Waals surface area contributed by atoms with E-state index in [4.69, 9.17) is 4.74 Å². The fourth-order valence-electron chi connectivity index (χ4n) is 1.91. The second-order valence-electron chi connectivity index (χ2n) is 5.12. The number of unbranched alkanes of at least 4 members (excludes halogenated alkanes) is 1. The van der Waals surface area contributed by atoms with Crippen LogP contribution in [0.2, 0.25) is 0 Å². The maximum Gasteiger partial charge on any atom is 0.220 e. The maximum absolute atomic E-state index is 13.6. The molecule has 1 atom stereocenters. The van der Waals surface area contributed by atoms with Gasteiger partial charge in [0.2, 0.25) is 5.91 Å². The van der Waals surface area contributed by atoms with Crippen molar-refractivity contribution < 1.29 is 23.4 Å². The van der Waals surface area contributed by atoms with E-state index >= 15 is 0 Å². The molecule has 1 unspecified atom stereocenters. The Morgan fingerprint density at radius 1 is 1.38 bits per heavy atom. The molecule has 0 saturated heterocycles. The molecule has 4 nitrogen and oxygen atoms in total. The first-order chi connectivity index (χ1) is 9.86. The van der Waals surface area contributed by atoms with E-state index in [1.54, 1.807) is 7.11 Å². The molecule has 0 bridgehead atoms. The highest BCUT2D eigenvalue weighted by atomic mass is 19.1. The van der Waals surface area contributed by atoms with Crippen molar-refractivity contribution in [3.8, 4) is 0 Å². The lowest BCUT2D eigenvalue weighted by atomic mass is 9.95. The van der Waals surface area contributed by atoms with Crippen LogP contribution in [-0.4, -0.2) is 31.3 Å². The summed E-state index contributed by atoms with van der Waals surface area (Å²) >= 11 is 0.